The molecular weight excluding hydrogens is 222 g/mol. The van der Waals surface area contributed by atoms with Crippen molar-refractivity contribution in [3.63, 3.8) is 0 Å². The summed E-state index contributed by atoms with van der Waals surface area (Å²) in [4.78, 5) is 22.5. The van der Waals surface area contributed by atoms with Crippen LogP contribution in [0.2, 0.25) is 0 Å². The van der Waals surface area contributed by atoms with Gasteiger partial charge in [-0.05, 0) is 29.4 Å². The van der Waals surface area contributed by atoms with Gasteiger partial charge >= 0.3 is 0 Å². The quantitative estimate of drug-likeness (QED) is 0.448. The molecule has 0 aromatic heterocycles. The molecule has 0 amide bonds. The first-order valence-electron chi connectivity index (χ1n) is 5.16. The normalized spacial score (nSPS) is 11.0. The molecule has 0 heterocycles. The largest absolute Gasteiger partial charge is 0.367 e. The molecule has 0 N–H and O–H groups in total. The van der Waals surface area contributed by atoms with Crippen LogP contribution in [0.25, 0.3) is 0 Å². The van der Waals surface area contributed by atoms with Crippen LogP contribution in [0.5, 0.6) is 0 Å². The Morgan fingerprint density at radius 3 is 2.29 bits per heavy atom. The van der Waals surface area contributed by atoms with Crippen molar-refractivity contribution in [1.82, 2.24) is 0 Å². The number of nitrogens with zero attached hydrogens (tertiary/aromatic N) is 3. The Hall–Kier alpha value is -1.98. The molecule has 0 atom stereocenters. The second-order valence-electron chi connectivity index (χ2n) is 4.53. The zero-order valence-electron chi connectivity index (χ0n) is 10.1. The first kappa shape index (κ1) is 13.1. The minimum atomic E-state index is -1.02. The van der Waals surface area contributed by atoms with Gasteiger partial charge in [-0.25, -0.2) is 0 Å². The molecule has 0 radical (unpaired) electrons. The Morgan fingerprint density at radius 1 is 1.35 bits per heavy atom. The van der Waals surface area contributed by atoms with Crippen LogP contribution in [-0.4, -0.2) is 24.1 Å². The highest BCUT2D eigenvalue weighted by atomic mass is 16.6. The van der Waals surface area contributed by atoms with Gasteiger partial charge < -0.3 is 4.90 Å². The number of anilines is 1. The van der Waals surface area contributed by atoms with E-state index in [9.17, 15) is 15.0 Å². The van der Waals surface area contributed by atoms with Gasteiger partial charge in [-0.1, -0.05) is 0 Å². The standard InChI is InChI=1S/C11H15N3O3/c1-11(2,14(16)17)8-13(3)10-6-4-9(12-15)5-7-10/h4-7H,8H2,1-3H3. The van der Waals surface area contributed by atoms with Gasteiger partial charge in [0.05, 0.1) is 6.54 Å². The summed E-state index contributed by atoms with van der Waals surface area (Å²) in [5, 5.41) is 13.6. The van der Waals surface area contributed by atoms with Gasteiger partial charge in [0, 0.05) is 31.5 Å². The smallest absolute Gasteiger partial charge is 0.233 e. The maximum absolute atomic E-state index is 10.8. The SMILES string of the molecule is CN(CC(C)(C)[N+](=O)[O-])c1ccc(N=O)cc1. The second-order valence-corrected chi connectivity index (χ2v) is 4.53. The van der Waals surface area contributed by atoms with E-state index in [1.54, 1.807) is 50.1 Å². The Balaban J connectivity index is 2.79. The minimum Gasteiger partial charge on any atom is -0.367 e. The van der Waals surface area contributed by atoms with Crippen LogP contribution < -0.4 is 4.90 Å². The third-order valence-corrected chi connectivity index (χ3v) is 2.51. The molecular formula is C11H15N3O3. The van der Waals surface area contributed by atoms with Crippen LogP contribution in [-0.2, 0) is 0 Å². The minimum absolute atomic E-state index is 0.286. The number of likely N-dealkylation sites (N-methyl/N-ethyl adjacent to an activating group) is 1. The lowest BCUT2D eigenvalue weighted by atomic mass is 10.1. The Morgan fingerprint density at radius 2 is 1.88 bits per heavy atom. The Labute approximate surface area is 99.4 Å². The summed E-state index contributed by atoms with van der Waals surface area (Å²) < 4.78 is 0. The van der Waals surface area contributed by atoms with Crippen molar-refractivity contribution in [3.8, 4) is 0 Å². The van der Waals surface area contributed by atoms with E-state index < -0.39 is 5.54 Å². The van der Waals surface area contributed by atoms with Crippen molar-refractivity contribution in [1.29, 1.82) is 0 Å². The zero-order valence-corrected chi connectivity index (χ0v) is 10.1. The summed E-state index contributed by atoms with van der Waals surface area (Å²) in [7, 11) is 1.77. The van der Waals surface area contributed by atoms with E-state index in [1.807, 2.05) is 0 Å². The van der Waals surface area contributed by atoms with Crippen molar-refractivity contribution in [2.75, 3.05) is 18.5 Å². The Kier molecular flexibility index (Phi) is 3.77. The van der Waals surface area contributed by atoms with Crippen LogP contribution in [0.1, 0.15) is 13.8 Å². The molecule has 1 rings (SSSR count). The molecule has 0 fully saturated rings. The average molecular weight is 237 g/mol. The number of nitroso groups, excluding NO2 is 1. The van der Waals surface area contributed by atoms with Gasteiger partial charge in [-0.15, -0.1) is 4.91 Å². The van der Waals surface area contributed by atoms with Crippen LogP contribution in [0, 0.1) is 15.0 Å². The van der Waals surface area contributed by atoms with Crippen LogP contribution in [0.3, 0.4) is 0 Å². The highest BCUT2D eigenvalue weighted by Crippen LogP contribution is 2.20. The van der Waals surface area contributed by atoms with Gasteiger partial charge in [0.2, 0.25) is 5.54 Å². The van der Waals surface area contributed by atoms with Crippen molar-refractivity contribution in [2.45, 2.75) is 19.4 Å². The van der Waals surface area contributed by atoms with E-state index in [-0.39, 0.29) is 11.5 Å². The molecule has 0 bridgehead atoms. The van der Waals surface area contributed by atoms with E-state index in [0.717, 1.165) is 5.69 Å². The molecule has 1 aromatic rings. The molecule has 92 valence electrons. The monoisotopic (exact) mass is 237 g/mol. The number of hydrogen-bond acceptors (Lipinski definition) is 5. The van der Waals surface area contributed by atoms with E-state index in [4.69, 9.17) is 0 Å². The molecule has 0 aliphatic heterocycles. The van der Waals surface area contributed by atoms with Gasteiger partial charge in [0.1, 0.15) is 5.69 Å². The first-order valence-corrected chi connectivity index (χ1v) is 5.16. The molecule has 0 unspecified atom stereocenters. The lowest BCUT2D eigenvalue weighted by molar-refractivity contribution is -0.556. The van der Waals surface area contributed by atoms with Gasteiger partial charge in [0.25, 0.3) is 0 Å². The van der Waals surface area contributed by atoms with Gasteiger partial charge in [-0.3, -0.25) is 10.1 Å². The van der Waals surface area contributed by atoms with Crippen molar-refractivity contribution >= 4 is 11.4 Å². The van der Waals surface area contributed by atoms with E-state index in [1.165, 1.54) is 0 Å². The summed E-state index contributed by atoms with van der Waals surface area (Å²) in [5.41, 5.74) is 0.138. The predicted molar refractivity (Wildman–Crippen MR) is 66.2 cm³/mol. The summed E-state index contributed by atoms with van der Waals surface area (Å²) in [6.07, 6.45) is 0. The topological polar surface area (TPSA) is 75.8 Å². The van der Waals surface area contributed by atoms with E-state index in [0.29, 0.717) is 5.69 Å². The Bertz CT molecular complexity index is 414. The summed E-state index contributed by atoms with van der Waals surface area (Å²) >= 11 is 0. The van der Waals surface area contributed by atoms with Gasteiger partial charge in [0.15, 0.2) is 0 Å². The lowest BCUT2D eigenvalue weighted by Crippen LogP contribution is -2.42. The van der Waals surface area contributed by atoms with Crippen molar-refractivity contribution < 1.29 is 4.92 Å². The van der Waals surface area contributed by atoms with Crippen molar-refractivity contribution in [3.05, 3.63) is 39.3 Å². The maximum atomic E-state index is 10.8. The van der Waals surface area contributed by atoms with E-state index >= 15 is 0 Å². The van der Waals surface area contributed by atoms with Crippen LogP contribution in [0.15, 0.2) is 29.4 Å². The van der Waals surface area contributed by atoms with Crippen molar-refractivity contribution in [2.24, 2.45) is 5.18 Å². The highest BCUT2D eigenvalue weighted by Gasteiger charge is 2.32. The fourth-order valence-corrected chi connectivity index (χ4v) is 1.50. The fourth-order valence-electron chi connectivity index (χ4n) is 1.50. The second kappa shape index (κ2) is 4.90. The number of rotatable bonds is 5. The number of benzene rings is 1. The third kappa shape index (κ3) is 3.24. The lowest BCUT2D eigenvalue weighted by Gasteiger charge is -2.25. The maximum Gasteiger partial charge on any atom is 0.233 e. The highest BCUT2D eigenvalue weighted by molar-refractivity contribution is 5.52. The van der Waals surface area contributed by atoms with Crippen LogP contribution >= 0.6 is 0 Å². The van der Waals surface area contributed by atoms with E-state index in [2.05, 4.69) is 5.18 Å². The first-order chi connectivity index (χ1) is 7.86. The number of hydrogen-bond donors (Lipinski definition) is 0. The molecule has 0 saturated heterocycles. The molecule has 0 saturated carbocycles. The van der Waals surface area contributed by atoms with Gasteiger partial charge in [-0.2, -0.15) is 0 Å². The van der Waals surface area contributed by atoms with Crippen LogP contribution in [0.4, 0.5) is 11.4 Å². The molecule has 0 aliphatic rings. The molecule has 1 aromatic carbocycles. The summed E-state index contributed by atoms with van der Waals surface area (Å²) in [5.74, 6) is 0. The molecule has 6 heteroatoms. The molecule has 0 aliphatic carbocycles. The molecule has 17 heavy (non-hydrogen) atoms. The molecule has 0 spiro atoms. The summed E-state index contributed by atoms with van der Waals surface area (Å²) in [6.45, 7) is 3.43. The fraction of sp³-hybridized carbons (Fsp3) is 0.455. The zero-order chi connectivity index (χ0) is 13.1. The average Bonchev–Trinajstić information content (AvgIpc) is 2.28. The predicted octanol–water partition coefficient (Wildman–Crippen LogP) is 2.58. The third-order valence-electron chi connectivity index (χ3n) is 2.51. The summed E-state index contributed by atoms with van der Waals surface area (Å²) in [6, 6.07) is 6.59. The number of nitro groups is 1. The molecule has 6 nitrogen and oxygen atoms in total.